The third-order valence-electron chi connectivity index (χ3n) is 1.94. The predicted octanol–water partition coefficient (Wildman–Crippen LogP) is 2.25. The van der Waals surface area contributed by atoms with Crippen LogP contribution in [0.3, 0.4) is 0 Å². The number of ether oxygens (including phenoxy) is 2. The van der Waals surface area contributed by atoms with Crippen LogP contribution in [-0.2, 0) is 29.5 Å². The predicted molar refractivity (Wildman–Crippen MR) is 103 cm³/mol. The molecule has 2 N–H and O–H groups in total. The first-order valence-electron chi connectivity index (χ1n) is 8.28. The number of rotatable bonds is 7. The van der Waals surface area contributed by atoms with Crippen LogP contribution in [0.5, 0.6) is 0 Å². The smallest absolute Gasteiger partial charge is 0.314 e. The molecule has 0 heterocycles. The number of esters is 1. The maximum atomic E-state index is 10.2. The first-order chi connectivity index (χ1) is 11.8. The minimum absolute atomic E-state index is 0.123. The number of amides is 2. The number of urea groups is 1. The summed E-state index contributed by atoms with van der Waals surface area (Å²) in [6.45, 7) is 9.81. The highest BCUT2D eigenvalue weighted by molar-refractivity contribution is 7.79. The zero-order valence-electron chi connectivity index (χ0n) is 17.1. The molecule has 0 saturated carbocycles. The molecule has 9 heteroatoms. The summed E-state index contributed by atoms with van der Waals surface area (Å²) in [6.07, 6.45) is 4.03. The van der Waals surface area contributed by atoms with E-state index in [0.29, 0.717) is 19.6 Å². The number of methoxy groups -OCH3 is 2. The molecular formula is C16H38N2O6S. The van der Waals surface area contributed by atoms with Gasteiger partial charge in [-0.2, -0.15) is 0 Å². The van der Waals surface area contributed by atoms with Gasteiger partial charge in [0, 0.05) is 40.0 Å². The van der Waals surface area contributed by atoms with Crippen molar-refractivity contribution in [2.75, 3.05) is 47.3 Å². The molecular weight excluding hydrogens is 348 g/mol. The first-order valence-corrected chi connectivity index (χ1v) is 9.77. The monoisotopic (exact) mass is 386 g/mol. The van der Waals surface area contributed by atoms with Crippen LogP contribution in [0.1, 0.15) is 47.0 Å². The Morgan fingerprint density at radius 2 is 1.60 bits per heavy atom. The summed E-state index contributed by atoms with van der Waals surface area (Å²) < 4.78 is 23.5. The van der Waals surface area contributed by atoms with Crippen LogP contribution in [0.25, 0.3) is 0 Å². The van der Waals surface area contributed by atoms with Crippen LogP contribution in [0.4, 0.5) is 4.79 Å². The number of hydrogen-bond acceptors (Lipinski definition) is 6. The topological polar surface area (TPSA) is 103 Å². The lowest BCUT2D eigenvalue weighted by Gasteiger charge is -1.96. The number of carbonyl (C=O) groups excluding carboxylic acids is 2. The zero-order chi connectivity index (χ0) is 20.5. The summed E-state index contributed by atoms with van der Waals surface area (Å²) in [5.74, 6) is -0.123. The van der Waals surface area contributed by atoms with Gasteiger partial charge < -0.3 is 20.1 Å². The summed E-state index contributed by atoms with van der Waals surface area (Å²) in [4.78, 5) is 20.4. The Hall–Kier alpha value is -1.19. The molecule has 25 heavy (non-hydrogen) atoms. The van der Waals surface area contributed by atoms with Crippen molar-refractivity contribution < 1.29 is 27.5 Å². The molecule has 0 aromatic rings. The third kappa shape index (κ3) is 51.8. The largest absolute Gasteiger partial charge is 0.469 e. The van der Waals surface area contributed by atoms with Gasteiger partial charge in [0.15, 0.2) is 11.1 Å². The van der Waals surface area contributed by atoms with E-state index in [1.54, 1.807) is 21.1 Å². The van der Waals surface area contributed by atoms with E-state index in [1.807, 2.05) is 13.8 Å². The minimum atomic E-state index is -1.07. The Kier molecular flexibility index (Phi) is 38.7. The van der Waals surface area contributed by atoms with Gasteiger partial charge in [-0.25, -0.2) is 9.00 Å². The van der Waals surface area contributed by atoms with Gasteiger partial charge in [0.1, 0.15) is 0 Å². The lowest BCUT2D eigenvalue weighted by Crippen LogP contribution is -2.32. The molecule has 2 amide bonds. The average molecular weight is 387 g/mol. The van der Waals surface area contributed by atoms with Crippen LogP contribution in [0.15, 0.2) is 0 Å². The summed E-state index contributed by atoms with van der Waals surface area (Å²) >= 11 is -1.07. The molecule has 1 unspecified atom stereocenters. The summed E-state index contributed by atoms with van der Waals surface area (Å²) in [7, 11) is 4.70. The summed E-state index contributed by atoms with van der Waals surface area (Å²) in [5.41, 5.74) is 0. The van der Waals surface area contributed by atoms with Gasteiger partial charge in [-0.1, -0.05) is 13.8 Å². The fourth-order valence-electron chi connectivity index (χ4n) is 0.925. The molecule has 0 spiro atoms. The average Bonchev–Trinajstić information content (AvgIpc) is 2.57. The number of nitrogens with one attached hydrogen (secondary N) is 2. The van der Waals surface area contributed by atoms with E-state index in [0.717, 1.165) is 19.4 Å². The Balaban J connectivity index is -0.000000119. The maximum absolute atomic E-state index is 10.2. The van der Waals surface area contributed by atoms with Crippen molar-refractivity contribution in [3.05, 3.63) is 0 Å². The first kappa shape index (κ1) is 31.6. The third-order valence-corrected chi connectivity index (χ3v) is 2.51. The fourth-order valence-corrected chi connectivity index (χ4v) is 1.26. The molecule has 0 fully saturated rings. The second-order valence-electron chi connectivity index (χ2n) is 4.24. The molecule has 0 saturated heterocycles. The molecule has 0 aromatic heterocycles. The van der Waals surface area contributed by atoms with Crippen LogP contribution < -0.4 is 10.6 Å². The van der Waals surface area contributed by atoms with Crippen molar-refractivity contribution in [3.63, 3.8) is 0 Å². The molecule has 0 aliphatic heterocycles. The van der Waals surface area contributed by atoms with Crippen LogP contribution in [0.2, 0.25) is 0 Å². The van der Waals surface area contributed by atoms with E-state index in [4.69, 9.17) is 4.74 Å². The van der Waals surface area contributed by atoms with Crippen LogP contribution >= 0.6 is 0 Å². The molecule has 0 radical (unpaired) electrons. The highest BCUT2D eigenvalue weighted by Gasteiger charge is 1.92. The summed E-state index contributed by atoms with van der Waals surface area (Å²) in [5, 5.41) is 4.96. The van der Waals surface area contributed by atoms with Crippen molar-refractivity contribution in [1.29, 1.82) is 0 Å². The SMILES string of the molecule is CCCC(=O)OC.CCCOC.CCNC(=O)NC.CCOS(C)=O. The zero-order valence-corrected chi connectivity index (χ0v) is 17.9. The lowest BCUT2D eigenvalue weighted by molar-refractivity contribution is -0.140. The van der Waals surface area contributed by atoms with E-state index in [2.05, 4.69) is 26.5 Å². The highest BCUT2D eigenvalue weighted by atomic mass is 32.2. The van der Waals surface area contributed by atoms with E-state index in [1.165, 1.54) is 13.4 Å². The quantitative estimate of drug-likeness (QED) is 0.651. The lowest BCUT2D eigenvalue weighted by atomic mass is 10.3. The Labute approximate surface area is 156 Å². The van der Waals surface area contributed by atoms with Gasteiger partial charge in [-0.05, 0) is 26.7 Å². The number of hydrogen-bond donors (Lipinski definition) is 2. The van der Waals surface area contributed by atoms with Crippen molar-refractivity contribution in [1.82, 2.24) is 10.6 Å². The molecule has 8 nitrogen and oxygen atoms in total. The van der Waals surface area contributed by atoms with Gasteiger partial charge in [0.25, 0.3) is 0 Å². The van der Waals surface area contributed by atoms with E-state index in [-0.39, 0.29) is 12.0 Å². The number of carbonyl (C=O) groups is 2. The standard InChI is InChI=1S/C5H10O2.C4H10N2O.C4H10O.C3H8O2S/c1-3-4-5(6)7-2;1-3-6-4(7)5-2;1-3-4-5-2;1-3-5-6(2)4/h3-4H2,1-2H3;3H2,1-2H3,(H2,5,6,7);3-4H2,1-2H3;3H2,1-2H3. The molecule has 0 aromatic carbocycles. The summed E-state index contributed by atoms with van der Waals surface area (Å²) in [6, 6.07) is -0.123. The van der Waals surface area contributed by atoms with Gasteiger partial charge in [0.05, 0.1) is 13.7 Å². The molecule has 154 valence electrons. The fraction of sp³-hybridized carbons (Fsp3) is 0.875. The van der Waals surface area contributed by atoms with Crippen LogP contribution in [-0.4, -0.2) is 63.5 Å². The van der Waals surface area contributed by atoms with Gasteiger partial charge in [0.2, 0.25) is 0 Å². The molecule has 0 aliphatic carbocycles. The van der Waals surface area contributed by atoms with Crippen LogP contribution in [0, 0.1) is 0 Å². The Morgan fingerprint density at radius 3 is 1.68 bits per heavy atom. The molecule has 0 aliphatic rings. The minimum Gasteiger partial charge on any atom is -0.469 e. The van der Waals surface area contributed by atoms with E-state index in [9.17, 15) is 13.8 Å². The van der Waals surface area contributed by atoms with Crippen molar-refractivity contribution in [2.24, 2.45) is 0 Å². The Bertz CT molecular complexity index is 284. The maximum Gasteiger partial charge on any atom is 0.314 e. The van der Waals surface area contributed by atoms with E-state index >= 15 is 0 Å². The highest BCUT2D eigenvalue weighted by Crippen LogP contribution is 1.86. The molecule has 1 atom stereocenters. The molecule has 0 rings (SSSR count). The van der Waals surface area contributed by atoms with Crippen molar-refractivity contribution in [2.45, 2.75) is 47.0 Å². The molecule has 0 bridgehead atoms. The van der Waals surface area contributed by atoms with Gasteiger partial charge >= 0.3 is 12.0 Å². The van der Waals surface area contributed by atoms with E-state index < -0.39 is 11.1 Å². The second kappa shape index (κ2) is 30.7. The van der Waals surface area contributed by atoms with Crippen molar-refractivity contribution >= 4 is 23.1 Å². The van der Waals surface area contributed by atoms with Gasteiger partial charge in [-0.15, -0.1) is 0 Å². The normalized spacial score (nSPS) is 9.60. The van der Waals surface area contributed by atoms with Gasteiger partial charge in [-0.3, -0.25) is 8.98 Å². The Morgan fingerprint density at radius 1 is 1.04 bits per heavy atom. The second-order valence-corrected chi connectivity index (χ2v) is 5.27. The van der Waals surface area contributed by atoms with Crippen molar-refractivity contribution in [3.8, 4) is 0 Å².